The molecule has 3 aromatic rings. The van der Waals surface area contributed by atoms with Gasteiger partial charge in [-0.15, -0.1) is 5.10 Å². The molecule has 0 fully saturated rings. The zero-order valence-corrected chi connectivity index (χ0v) is 11.3. The van der Waals surface area contributed by atoms with Crippen molar-refractivity contribution in [2.75, 3.05) is 6.54 Å². The maximum absolute atomic E-state index is 13.4. The Morgan fingerprint density at radius 2 is 2.19 bits per heavy atom. The number of aryl methyl sites for hydroxylation is 1. The lowest BCUT2D eigenvalue weighted by Crippen LogP contribution is -2.10. The van der Waals surface area contributed by atoms with Crippen LogP contribution in [-0.4, -0.2) is 31.7 Å². The summed E-state index contributed by atoms with van der Waals surface area (Å²) in [6, 6.07) is 4.57. The Morgan fingerprint density at radius 1 is 1.33 bits per heavy atom. The molecule has 0 atom stereocenters. The molecule has 2 N–H and O–H groups in total. The Bertz CT molecular complexity index is 745. The van der Waals surface area contributed by atoms with Crippen LogP contribution in [0.25, 0.3) is 23.0 Å². The van der Waals surface area contributed by atoms with Gasteiger partial charge in [-0.3, -0.25) is 4.68 Å². The molecule has 8 heteroatoms. The van der Waals surface area contributed by atoms with E-state index in [0.717, 1.165) is 5.56 Å². The number of nitrogens with two attached hydrogens (primary N) is 1. The van der Waals surface area contributed by atoms with E-state index in [1.54, 1.807) is 23.9 Å². The van der Waals surface area contributed by atoms with Gasteiger partial charge < -0.3 is 10.3 Å². The number of hydrogen-bond acceptors (Lipinski definition) is 6. The van der Waals surface area contributed by atoms with Crippen molar-refractivity contribution < 1.29 is 8.91 Å². The maximum Gasteiger partial charge on any atom is 0.280 e. The summed E-state index contributed by atoms with van der Waals surface area (Å²) in [6.07, 6.45) is 1.67. The molecule has 2 aromatic heterocycles. The molecule has 0 radical (unpaired) electrons. The van der Waals surface area contributed by atoms with Gasteiger partial charge in [0.1, 0.15) is 5.82 Å². The average Bonchev–Trinajstić information content (AvgIpc) is 3.06. The van der Waals surface area contributed by atoms with Gasteiger partial charge in [0.15, 0.2) is 5.69 Å². The Morgan fingerprint density at radius 3 is 2.95 bits per heavy atom. The Kier molecular flexibility index (Phi) is 3.44. The third-order valence-electron chi connectivity index (χ3n) is 2.84. The summed E-state index contributed by atoms with van der Waals surface area (Å²) in [5.41, 5.74) is 7.23. The zero-order valence-electron chi connectivity index (χ0n) is 11.3. The molecule has 0 saturated carbocycles. The predicted molar refractivity (Wildman–Crippen MR) is 72.5 cm³/mol. The standard InChI is InChI=1S/C13H13FN6O/c1-8-4-9(6-10(14)5-8)12-16-13(21-18-12)11-7-20(3-2-15)19-17-11/h4-7H,2-3,15H2,1H3. The minimum Gasteiger partial charge on any atom is -0.332 e. The highest BCUT2D eigenvalue weighted by molar-refractivity contribution is 5.58. The van der Waals surface area contributed by atoms with E-state index in [1.807, 2.05) is 0 Å². The van der Waals surface area contributed by atoms with Crippen LogP contribution in [-0.2, 0) is 6.54 Å². The predicted octanol–water partition coefficient (Wildman–Crippen LogP) is 1.40. The second kappa shape index (κ2) is 5.41. The van der Waals surface area contributed by atoms with E-state index >= 15 is 0 Å². The molecular formula is C13H13FN6O. The van der Waals surface area contributed by atoms with E-state index in [0.29, 0.717) is 30.2 Å². The van der Waals surface area contributed by atoms with Crippen LogP contribution in [0.3, 0.4) is 0 Å². The molecule has 0 unspecified atom stereocenters. The van der Waals surface area contributed by atoms with E-state index < -0.39 is 0 Å². The van der Waals surface area contributed by atoms with Crippen LogP contribution in [0.5, 0.6) is 0 Å². The van der Waals surface area contributed by atoms with Gasteiger partial charge in [-0.25, -0.2) is 4.39 Å². The van der Waals surface area contributed by atoms with E-state index in [4.69, 9.17) is 10.3 Å². The lowest BCUT2D eigenvalue weighted by molar-refractivity contribution is 0.431. The smallest absolute Gasteiger partial charge is 0.280 e. The second-order valence-corrected chi connectivity index (χ2v) is 4.60. The summed E-state index contributed by atoms with van der Waals surface area (Å²) in [6.45, 7) is 2.81. The van der Waals surface area contributed by atoms with E-state index in [2.05, 4.69) is 20.5 Å². The highest BCUT2D eigenvalue weighted by atomic mass is 19.1. The van der Waals surface area contributed by atoms with Crippen LogP contribution in [0.2, 0.25) is 0 Å². The van der Waals surface area contributed by atoms with Crippen molar-refractivity contribution in [3.63, 3.8) is 0 Å². The summed E-state index contributed by atoms with van der Waals surface area (Å²) in [5.74, 6) is 0.196. The van der Waals surface area contributed by atoms with Gasteiger partial charge in [-0.2, -0.15) is 4.98 Å². The molecular weight excluding hydrogens is 275 g/mol. The fourth-order valence-electron chi connectivity index (χ4n) is 1.95. The molecule has 0 aliphatic heterocycles. The molecule has 0 aliphatic rings. The molecule has 108 valence electrons. The van der Waals surface area contributed by atoms with Gasteiger partial charge in [0.05, 0.1) is 12.7 Å². The minimum atomic E-state index is -0.342. The molecule has 0 saturated heterocycles. The third-order valence-corrected chi connectivity index (χ3v) is 2.84. The van der Waals surface area contributed by atoms with Crippen molar-refractivity contribution in [1.82, 2.24) is 25.1 Å². The van der Waals surface area contributed by atoms with E-state index in [1.165, 1.54) is 12.1 Å². The maximum atomic E-state index is 13.4. The van der Waals surface area contributed by atoms with Crippen molar-refractivity contribution >= 4 is 0 Å². The van der Waals surface area contributed by atoms with Crippen molar-refractivity contribution in [1.29, 1.82) is 0 Å². The fraction of sp³-hybridized carbons (Fsp3) is 0.231. The first-order valence-corrected chi connectivity index (χ1v) is 6.37. The highest BCUT2D eigenvalue weighted by Gasteiger charge is 2.14. The largest absolute Gasteiger partial charge is 0.332 e. The number of aromatic nitrogens is 5. The second-order valence-electron chi connectivity index (χ2n) is 4.60. The number of hydrogen-bond donors (Lipinski definition) is 1. The lowest BCUT2D eigenvalue weighted by Gasteiger charge is -1.97. The molecule has 0 bridgehead atoms. The SMILES string of the molecule is Cc1cc(F)cc(-c2noc(-c3cn(CCN)nn3)n2)c1. The van der Waals surface area contributed by atoms with Crippen LogP contribution < -0.4 is 5.73 Å². The summed E-state index contributed by atoms with van der Waals surface area (Å²) in [7, 11) is 0. The molecule has 21 heavy (non-hydrogen) atoms. The fourth-order valence-corrected chi connectivity index (χ4v) is 1.95. The molecule has 0 aliphatic carbocycles. The Hall–Kier alpha value is -2.61. The molecule has 1 aromatic carbocycles. The zero-order chi connectivity index (χ0) is 14.8. The highest BCUT2D eigenvalue weighted by Crippen LogP contribution is 2.22. The summed E-state index contributed by atoms with van der Waals surface area (Å²) >= 11 is 0. The first-order valence-electron chi connectivity index (χ1n) is 6.37. The molecule has 2 heterocycles. The average molecular weight is 288 g/mol. The van der Waals surface area contributed by atoms with Gasteiger partial charge in [0.2, 0.25) is 5.82 Å². The molecule has 0 spiro atoms. The first-order chi connectivity index (χ1) is 10.2. The molecule has 3 rings (SSSR count). The normalized spacial score (nSPS) is 11.0. The number of nitrogens with zero attached hydrogens (tertiary/aromatic N) is 5. The van der Waals surface area contributed by atoms with Crippen molar-refractivity contribution in [2.24, 2.45) is 5.73 Å². The van der Waals surface area contributed by atoms with Crippen molar-refractivity contribution in [3.8, 4) is 23.0 Å². The number of rotatable bonds is 4. The summed E-state index contributed by atoms with van der Waals surface area (Å²) in [5, 5.41) is 11.7. The van der Waals surface area contributed by atoms with Crippen LogP contribution in [0.1, 0.15) is 5.56 Å². The number of halogens is 1. The van der Waals surface area contributed by atoms with Gasteiger partial charge in [-0.1, -0.05) is 10.4 Å². The topological polar surface area (TPSA) is 95.7 Å². The quantitative estimate of drug-likeness (QED) is 0.779. The van der Waals surface area contributed by atoms with E-state index in [9.17, 15) is 4.39 Å². The first kappa shape index (κ1) is 13.4. The van der Waals surface area contributed by atoms with Gasteiger partial charge in [0.25, 0.3) is 5.89 Å². The van der Waals surface area contributed by atoms with Crippen molar-refractivity contribution in [2.45, 2.75) is 13.5 Å². The third kappa shape index (κ3) is 2.79. The molecule has 7 nitrogen and oxygen atoms in total. The summed E-state index contributed by atoms with van der Waals surface area (Å²) < 4.78 is 20.1. The van der Waals surface area contributed by atoms with Gasteiger partial charge >= 0.3 is 0 Å². The molecule has 0 amide bonds. The van der Waals surface area contributed by atoms with Crippen molar-refractivity contribution in [3.05, 3.63) is 35.8 Å². The minimum absolute atomic E-state index is 0.232. The lowest BCUT2D eigenvalue weighted by atomic mass is 10.1. The number of benzene rings is 1. The van der Waals surface area contributed by atoms with Crippen LogP contribution >= 0.6 is 0 Å². The Balaban J connectivity index is 1.91. The van der Waals surface area contributed by atoms with Gasteiger partial charge in [0, 0.05) is 12.1 Å². The van der Waals surface area contributed by atoms with E-state index in [-0.39, 0.29) is 11.7 Å². The Labute approximate surface area is 119 Å². The van der Waals surface area contributed by atoms with Crippen LogP contribution in [0.15, 0.2) is 28.9 Å². The monoisotopic (exact) mass is 288 g/mol. The summed E-state index contributed by atoms with van der Waals surface area (Å²) in [4.78, 5) is 4.21. The van der Waals surface area contributed by atoms with Crippen LogP contribution in [0.4, 0.5) is 4.39 Å². The van der Waals surface area contributed by atoms with Crippen LogP contribution in [0, 0.1) is 12.7 Å². The van der Waals surface area contributed by atoms with Gasteiger partial charge in [-0.05, 0) is 30.7 Å².